The fourth-order valence-electron chi connectivity index (χ4n) is 2.83. The molecule has 1 aliphatic rings. The topological polar surface area (TPSA) is 90.0 Å². The quantitative estimate of drug-likeness (QED) is 0.840. The Bertz CT molecular complexity index is 887. The van der Waals surface area contributed by atoms with Crippen LogP contribution in [0.4, 0.5) is 17.6 Å². The van der Waals surface area contributed by atoms with Crippen LogP contribution in [0.1, 0.15) is 36.0 Å². The summed E-state index contributed by atoms with van der Waals surface area (Å²) in [4.78, 5) is 26.6. The van der Waals surface area contributed by atoms with Gasteiger partial charge in [0.15, 0.2) is 11.5 Å². The lowest BCUT2D eigenvalue weighted by Gasteiger charge is -2.19. The number of hydrogen-bond acceptors (Lipinski definition) is 4. The molecule has 11 heteroatoms. The summed E-state index contributed by atoms with van der Waals surface area (Å²) in [6.07, 6.45) is -3.06. The normalized spacial score (nSPS) is 17.4. The maximum Gasteiger partial charge on any atom is 0.436 e. The number of rotatable bonds is 3. The van der Waals surface area contributed by atoms with E-state index in [-0.39, 0.29) is 12.2 Å². The molecule has 134 valence electrons. The van der Waals surface area contributed by atoms with Crippen molar-refractivity contribution in [3.05, 3.63) is 45.6 Å². The van der Waals surface area contributed by atoms with Crippen molar-refractivity contribution in [2.45, 2.75) is 38.0 Å². The van der Waals surface area contributed by atoms with Crippen molar-refractivity contribution in [3.63, 3.8) is 0 Å². The van der Waals surface area contributed by atoms with E-state index < -0.39 is 47.5 Å². The SMILES string of the molecule is O=C(O)C1CCCc2nn(Cc3ccnc(C(F)(F)F)c3F)c(=O)n21. The first-order valence-corrected chi connectivity index (χ1v) is 7.31. The maximum absolute atomic E-state index is 14.0. The van der Waals surface area contributed by atoms with Gasteiger partial charge >= 0.3 is 17.8 Å². The summed E-state index contributed by atoms with van der Waals surface area (Å²) in [5.74, 6) is -2.56. The number of pyridine rings is 1. The minimum Gasteiger partial charge on any atom is -0.480 e. The van der Waals surface area contributed by atoms with Crippen LogP contribution in [-0.2, 0) is 23.9 Å². The highest BCUT2D eigenvalue weighted by molar-refractivity contribution is 5.72. The summed E-state index contributed by atoms with van der Waals surface area (Å²) in [5, 5.41) is 13.1. The van der Waals surface area contributed by atoms with Crippen LogP contribution in [0.2, 0.25) is 0 Å². The van der Waals surface area contributed by atoms with E-state index in [1.54, 1.807) is 0 Å². The highest BCUT2D eigenvalue weighted by Gasteiger charge is 2.37. The van der Waals surface area contributed by atoms with Gasteiger partial charge in [-0.3, -0.25) is 4.57 Å². The first-order chi connectivity index (χ1) is 11.7. The van der Waals surface area contributed by atoms with Crippen molar-refractivity contribution in [2.24, 2.45) is 0 Å². The number of carboxylic acids is 1. The molecule has 1 unspecified atom stereocenters. The largest absolute Gasteiger partial charge is 0.480 e. The molecule has 3 heterocycles. The first-order valence-electron chi connectivity index (χ1n) is 7.31. The molecule has 0 aromatic carbocycles. The minimum atomic E-state index is -4.97. The highest BCUT2D eigenvalue weighted by Crippen LogP contribution is 2.30. The maximum atomic E-state index is 14.0. The van der Waals surface area contributed by atoms with E-state index in [1.165, 1.54) is 0 Å². The summed E-state index contributed by atoms with van der Waals surface area (Å²) in [6, 6.07) is -0.0673. The van der Waals surface area contributed by atoms with Crippen LogP contribution in [-0.4, -0.2) is 30.4 Å². The molecular weight excluding hydrogens is 348 g/mol. The molecule has 0 saturated heterocycles. The third-order valence-corrected chi connectivity index (χ3v) is 3.97. The van der Waals surface area contributed by atoms with E-state index >= 15 is 0 Å². The van der Waals surface area contributed by atoms with Crippen molar-refractivity contribution < 1.29 is 27.5 Å². The number of fused-ring (bicyclic) bond motifs is 1. The Hall–Kier alpha value is -2.72. The second kappa shape index (κ2) is 5.97. The van der Waals surface area contributed by atoms with Crippen LogP contribution in [0.5, 0.6) is 0 Å². The lowest BCUT2D eigenvalue weighted by molar-refractivity contribution is -0.144. The van der Waals surface area contributed by atoms with Gasteiger partial charge < -0.3 is 5.11 Å². The monoisotopic (exact) mass is 360 g/mol. The molecule has 1 aliphatic heterocycles. The Balaban J connectivity index is 2.01. The molecule has 1 N–H and O–H groups in total. The molecule has 0 radical (unpaired) electrons. The summed E-state index contributed by atoms with van der Waals surface area (Å²) >= 11 is 0. The molecule has 0 spiro atoms. The summed E-state index contributed by atoms with van der Waals surface area (Å²) in [7, 11) is 0. The van der Waals surface area contributed by atoms with Crippen molar-refractivity contribution >= 4 is 5.97 Å². The predicted octanol–water partition coefficient (Wildman–Crippen LogP) is 1.61. The Morgan fingerprint density at radius 3 is 2.76 bits per heavy atom. The molecule has 2 aromatic rings. The van der Waals surface area contributed by atoms with Crippen LogP contribution in [0.15, 0.2) is 17.1 Å². The van der Waals surface area contributed by atoms with Gasteiger partial charge in [0, 0.05) is 18.2 Å². The van der Waals surface area contributed by atoms with Gasteiger partial charge in [0.25, 0.3) is 0 Å². The average Bonchev–Trinajstić information content (AvgIpc) is 2.84. The van der Waals surface area contributed by atoms with E-state index in [2.05, 4.69) is 10.1 Å². The molecular formula is C14H12F4N4O3. The van der Waals surface area contributed by atoms with Crippen molar-refractivity contribution in [3.8, 4) is 0 Å². The number of halogens is 4. The fraction of sp³-hybridized carbons (Fsp3) is 0.429. The molecule has 1 atom stereocenters. The predicted molar refractivity (Wildman–Crippen MR) is 74.4 cm³/mol. The van der Waals surface area contributed by atoms with Crippen LogP contribution in [0, 0.1) is 5.82 Å². The number of hydrogen-bond donors (Lipinski definition) is 1. The van der Waals surface area contributed by atoms with Gasteiger partial charge in [-0.05, 0) is 18.9 Å². The van der Waals surface area contributed by atoms with Gasteiger partial charge in [-0.1, -0.05) is 0 Å². The number of aryl methyl sites for hydroxylation is 1. The van der Waals surface area contributed by atoms with Gasteiger partial charge in [-0.15, -0.1) is 0 Å². The van der Waals surface area contributed by atoms with Gasteiger partial charge in [0.05, 0.1) is 6.54 Å². The Labute approximate surface area is 137 Å². The van der Waals surface area contributed by atoms with Gasteiger partial charge in [-0.25, -0.2) is 23.6 Å². The molecule has 0 amide bonds. The standard InChI is InChI=1S/C14H12F4N4O3/c15-10-7(4-5-19-11(10)14(16,17)18)6-21-13(25)22-8(12(23)24)2-1-3-9(22)20-21/h4-5,8H,1-3,6H2,(H,23,24). The van der Waals surface area contributed by atoms with Gasteiger partial charge in [0.1, 0.15) is 11.9 Å². The van der Waals surface area contributed by atoms with Crippen LogP contribution in [0.25, 0.3) is 0 Å². The molecule has 0 fully saturated rings. The Kier molecular flexibility index (Phi) is 4.09. The number of carboxylic acid groups (broad SMARTS) is 1. The van der Waals surface area contributed by atoms with E-state index in [9.17, 15) is 32.3 Å². The lowest BCUT2D eigenvalue weighted by Crippen LogP contribution is -2.34. The molecule has 0 aliphatic carbocycles. The summed E-state index contributed by atoms with van der Waals surface area (Å²) in [6.45, 7) is -0.553. The number of aromatic nitrogens is 4. The third kappa shape index (κ3) is 3.01. The number of aliphatic carboxylic acids is 1. The van der Waals surface area contributed by atoms with Crippen molar-refractivity contribution in [1.29, 1.82) is 0 Å². The van der Waals surface area contributed by atoms with E-state index in [4.69, 9.17) is 0 Å². The zero-order valence-electron chi connectivity index (χ0n) is 12.6. The second-order valence-electron chi connectivity index (χ2n) is 5.60. The lowest BCUT2D eigenvalue weighted by atomic mass is 10.1. The second-order valence-corrected chi connectivity index (χ2v) is 5.60. The molecule has 3 rings (SSSR count). The number of nitrogens with zero attached hydrogens (tertiary/aromatic N) is 4. The zero-order chi connectivity index (χ0) is 18.4. The molecule has 0 bridgehead atoms. The van der Waals surface area contributed by atoms with Gasteiger partial charge in [0.2, 0.25) is 0 Å². The minimum absolute atomic E-state index is 0.217. The smallest absolute Gasteiger partial charge is 0.436 e. The molecule has 2 aromatic heterocycles. The molecule has 7 nitrogen and oxygen atoms in total. The molecule has 25 heavy (non-hydrogen) atoms. The van der Waals surface area contributed by atoms with Crippen molar-refractivity contribution in [2.75, 3.05) is 0 Å². The van der Waals surface area contributed by atoms with E-state index in [0.29, 0.717) is 12.8 Å². The fourth-order valence-corrected chi connectivity index (χ4v) is 2.83. The van der Waals surface area contributed by atoms with Gasteiger partial charge in [-0.2, -0.15) is 18.3 Å². The third-order valence-electron chi connectivity index (χ3n) is 3.97. The number of alkyl halides is 3. The van der Waals surface area contributed by atoms with E-state index in [0.717, 1.165) is 21.5 Å². The van der Waals surface area contributed by atoms with E-state index in [1.807, 2.05) is 0 Å². The van der Waals surface area contributed by atoms with Crippen LogP contribution >= 0.6 is 0 Å². The van der Waals surface area contributed by atoms with Crippen LogP contribution < -0.4 is 5.69 Å². The van der Waals surface area contributed by atoms with Crippen LogP contribution in [0.3, 0.4) is 0 Å². The Morgan fingerprint density at radius 2 is 2.12 bits per heavy atom. The number of carbonyl (C=O) groups is 1. The van der Waals surface area contributed by atoms with Crippen molar-refractivity contribution in [1.82, 2.24) is 19.3 Å². The Morgan fingerprint density at radius 1 is 1.40 bits per heavy atom. The summed E-state index contributed by atoms with van der Waals surface area (Å²) in [5.41, 5.74) is -2.89. The summed E-state index contributed by atoms with van der Waals surface area (Å²) < 4.78 is 54.0. The first kappa shape index (κ1) is 17.1. The molecule has 0 saturated carbocycles. The average molecular weight is 360 g/mol. The zero-order valence-corrected chi connectivity index (χ0v) is 12.6. The highest BCUT2D eigenvalue weighted by atomic mass is 19.4.